The summed E-state index contributed by atoms with van der Waals surface area (Å²) >= 11 is 0. The van der Waals surface area contributed by atoms with Gasteiger partial charge in [-0.1, -0.05) is 10.3 Å². The van der Waals surface area contributed by atoms with Gasteiger partial charge >= 0.3 is 0 Å². The van der Waals surface area contributed by atoms with Gasteiger partial charge in [0.2, 0.25) is 0 Å². The van der Waals surface area contributed by atoms with E-state index in [0.29, 0.717) is 29.9 Å². The number of halogens is 2. The first-order valence-corrected chi connectivity index (χ1v) is 5.70. The molecule has 0 bridgehead atoms. The Bertz CT molecular complexity index is 549. The van der Waals surface area contributed by atoms with Gasteiger partial charge in [-0.25, -0.2) is 13.4 Å². The van der Waals surface area contributed by atoms with E-state index in [1.165, 1.54) is 12.1 Å². The van der Waals surface area contributed by atoms with Crippen molar-refractivity contribution >= 4 is 0 Å². The third-order valence-corrected chi connectivity index (χ3v) is 2.59. The lowest BCUT2D eigenvalue weighted by molar-refractivity contribution is 0.252. The van der Waals surface area contributed by atoms with Gasteiger partial charge in [0.05, 0.1) is 0 Å². The summed E-state index contributed by atoms with van der Waals surface area (Å²) in [4.78, 5) is 0. The Morgan fingerprint density at radius 1 is 1.26 bits per heavy atom. The number of nitrogens with two attached hydrogens (primary N) is 1. The van der Waals surface area contributed by atoms with Crippen LogP contribution in [0.3, 0.4) is 0 Å². The van der Waals surface area contributed by atoms with Gasteiger partial charge in [0, 0.05) is 0 Å². The van der Waals surface area contributed by atoms with E-state index in [-0.39, 0.29) is 6.61 Å². The summed E-state index contributed by atoms with van der Waals surface area (Å²) in [5, 5.41) is 7.11. The van der Waals surface area contributed by atoms with Gasteiger partial charge in [-0.05, 0) is 37.6 Å². The van der Waals surface area contributed by atoms with E-state index in [0.717, 1.165) is 0 Å². The Hall–Kier alpha value is -2.02. The molecule has 102 valence electrons. The van der Waals surface area contributed by atoms with Crippen LogP contribution in [-0.2, 0) is 13.0 Å². The van der Waals surface area contributed by atoms with Gasteiger partial charge in [-0.15, -0.1) is 0 Å². The summed E-state index contributed by atoms with van der Waals surface area (Å²) in [6.07, 6.45) is 0.403. The molecule has 0 aliphatic carbocycles. The van der Waals surface area contributed by atoms with Gasteiger partial charge < -0.3 is 10.5 Å². The summed E-state index contributed by atoms with van der Waals surface area (Å²) in [6.45, 7) is 1.87. The lowest BCUT2D eigenvalue weighted by Crippen LogP contribution is -2.06. The van der Waals surface area contributed by atoms with Crippen LogP contribution in [0.1, 0.15) is 17.0 Å². The topological polar surface area (TPSA) is 74.2 Å². The molecule has 2 aromatic rings. The molecule has 0 fully saturated rings. The lowest BCUT2D eigenvalue weighted by atomic mass is 10.1. The minimum absolute atomic E-state index is 0.112. The molecule has 0 aliphatic heterocycles. The molecule has 2 N–H and O–H groups in total. The molecule has 19 heavy (non-hydrogen) atoms. The molecule has 0 saturated heterocycles. The van der Waals surface area contributed by atoms with Crippen LogP contribution in [0.25, 0.3) is 0 Å². The number of rotatable bonds is 5. The number of benzene rings is 1. The number of hydrogen-bond acceptors (Lipinski definition) is 5. The summed E-state index contributed by atoms with van der Waals surface area (Å²) in [7, 11) is 0. The SMILES string of the molecule is Cc1nonc1COc1c(F)cc(CCN)cc1F. The molecule has 0 saturated carbocycles. The van der Waals surface area contributed by atoms with Crippen LogP contribution in [0.2, 0.25) is 0 Å². The maximum Gasteiger partial charge on any atom is 0.191 e. The van der Waals surface area contributed by atoms with E-state index in [4.69, 9.17) is 10.5 Å². The number of aryl methyl sites for hydroxylation is 1. The van der Waals surface area contributed by atoms with Crippen LogP contribution >= 0.6 is 0 Å². The maximum absolute atomic E-state index is 13.7. The van der Waals surface area contributed by atoms with Crippen molar-refractivity contribution in [2.45, 2.75) is 20.0 Å². The zero-order valence-electron chi connectivity index (χ0n) is 10.3. The Morgan fingerprint density at radius 3 is 2.47 bits per heavy atom. The fraction of sp³-hybridized carbons (Fsp3) is 0.333. The lowest BCUT2D eigenvalue weighted by Gasteiger charge is -2.08. The van der Waals surface area contributed by atoms with Crippen LogP contribution in [0.5, 0.6) is 5.75 Å². The van der Waals surface area contributed by atoms with Crippen LogP contribution in [0.4, 0.5) is 8.78 Å². The van der Waals surface area contributed by atoms with Gasteiger partial charge in [-0.3, -0.25) is 0 Å². The van der Waals surface area contributed by atoms with Crippen molar-refractivity contribution in [3.05, 3.63) is 40.7 Å². The van der Waals surface area contributed by atoms with Crippen LogP contribution in [-0.4, -0.2) is 16.9 Å². The molecule has 1 aromatic heterocycles. The Balaban J connectivity index is 2.14. The Labute approximate surface area is 108 Å². The highest BCUT2D eigenvalue weighted by Crippen LogP contribution is 2.24. The largest absolute Gasteiger partial charge is 0.481 e. The van der Waals surface area contributed by atoms with Crippen molar-refractivity contribution in [3.8, 4) is 5.75 Å². The van der Waals surface area contributed by atoms with Crippen molar-refractivity contribution in [2.24, 2.45) is 5.73 Å². The van der Waals surface area contributed by atoms with E-state index in [2.05, 4.69) is 14.9 Å². The van der Waals surface area contributed by atoms with Crippen molar-refractivity contribution in [3.63, 3.8) is 0 Å². The van der Waals surface area contributed by atoms with Crippen LogP contribution < -0.4 is 10.5 Å². The molecule has 0 amide bonds. The third-order valence-electron chi connectivity index (χ3n) is 2.59. The quantitative estimate of drug-likeness (QED) is 0.894. The van der Waals surface area contributed by atoms with Gasteiger partial charge in [-0.2, -0.15) is 0 Å². The molecule has 1 aromatic carbocycles. The van der Waals surface area contributed by atoms with Crippen molar-refractivity contribution in [2.75, 3.05) is 6.54 Å². The Kier molecular flexibility index (Phi) is 4.06. The highest BCUT2D eigenvalue weighted by Gasteiger charge is 2.14. The number of nitrogens with zero attached hydrogens (tertiary/aromatic N) is 2. The summed E-state index contributed by atoms with van der Waals surface area (Å²) in [6, 6.07) is 2.42. The second-order valence-electron chi connectivity index (χ2n) is 4.01. The minimum atomic E-state index is -0.766. The average molecular weight is 269 g/mol. The number of ether oxygens (including phenoxy) is 1. The predicted molar refractivity (Wildman–Crippen MR) is 62.5 cm³/mol. The zero-order valence-corrected chi connectivity index (χ0v) is 10.3. The van der Waals surface area contributed by atoms with E-state index < -0.39 is 17.4 Å². The van der Waals surface area contributed by atoms with E-state index >= 15 is 0 Å². The second kappa shape index (κ2) is 5.75. The molecule has 1 heterocycles. The van der Waals surface area contributed by atoms with Crippen LogP contribution in [0, 0.1) is 18.6 Å². The fourth-order valence-electron chi connectivity index (χ4n) is 1.58. The first-order chi connectivity index (χ1) is 9.11. The Morgan fingerprint density at radius 2 is 1.95 bits per heavy atom. The fourth-order valence-corrected chi connectivity index (χ4v) is 1.58. The van der Waals surface area contributed by atoms with Crippen LogP contribution in [0.15, 0.2) is 16.8 Å². The average Bonchev–Trinajstić information content (AvgIpc) is 2.74. The molecule has 2 rings (SSSR count). The highest BCUT2D eigenvalue weighted by atomic mass is 19.1. The molecule has 0 spiro atoms. The normalized spacial score (nSPS) is 10.7. The molecule has 7 heteroatoms. The minimum Gasteiger partial charge on any atom is -0.481 e. The van der Waals surface area contributed by atoms with E-state index in [1.54, 1.807) is 6.92 Å². The first-order valence-electron chi connectivity index (χ1n) is 5.70. The summed E-state index contributed by atoms with van der Waals surface area (Å²) in [5.74, 6) is -1.97. The first kappa shape index (κ1) is 13.4. The van der Waals surface area contributed by atoms with Gasteiger partial charge in [0.15, 0.2) is 17.4 Å². The summed E-state index contributed by atoms with van der Waals surface area (Å²) in [5.41, 5.74) is 6.73. The van der Waals surface area contributed by atoms with E-state index in [9.17, 15) is 8.78 Å². The molecule has 0 unspecified atom stereocenters. The van der Waals surface area contributed by atoms with E-state index in [1.807, 2.05) is 0 Å². The van der Waals surface area contributed by atoms with Crippen molar-refractivity contribution in [1.82, 2.24) is 10.3 Å². The molecular weight excluding hydrogens is 256 g/mol. The molecule has 0 aliphatic rings. The van der Waals surface area contributed by atoms with Crippen molar-refractivity contribution in [1.29, 1.82) is 0 Å². The molecule has 0 atom stereocenters. The maximum atomic E-state index is 13.7. The second-order valence-corrected chi connectivity index (χ2v) is 4.01. The molecule has 0 radical (unpaired) electrons. The number of aromatic nitrogens is 2. The monoisotopic (exact) mass is 269 g/mol. The van der Waals surface area contributed by atoms with Gasteiger partial charge in [0.25, 0.3) is 0 Å². The smallest absolute Gasteiger partial charge is 0.191 e. The third kappa shape index (κ3) is 3.05. The zero-order chi connectivity index (χ0) is 13.8. The predicted octanol–water partition coefficient (Wildman–Crippen LogP) is 1.74. The summed E-state index contributed by atoms with van der Waals surface area (Å²) < 4.78 is 36.9. The molecular formula is C12H13F2N3O2. The van der Waals surface area contributed by atoms with Crippen molar-refractivity contribution < 1.29 is 18.1 Å². The molecule has 5 nitrogen and oxygen atoms in total. The van der Waals surface area contributed by atoms with Gasteiger partial charge in [0.1, 0.15) is 18.0 Å². The standard InChI is InChI=1S/C12H13F2N3O2/c1-7-11(17-19-16-7)6-18-12-9(13)4-8(2-3-15)5-10(12)14/h4-5H,2-3,6,15H2,1H3. The number of hydrogen-bond donors (Lipinski definition) is 1. The highest BCUT2D eigenvalue weighted by molar-refractivity contribution is 5.31.